The molecule has 0 aromatic heterocycles. The van der Waals surface area contributed by atoms with Gasteiger partial charge in [0.2, 0.25) is 0 Å². The minimum Gasteiger partial charge on any atom is -0.205 e. The maximum Gasteiger partial charge on any atom is 0.141 e. The van der Waals surface area contributed by atoms with Gasteiger partial charge in [0.1, 0.15) is 5.82 Å². The number of benzene rings is 1. The second-order valence-corrected chi connectivity index (χ2v) is 4.32. The van der Waals surface area contributed by atoms with Gasteiger partial charge in [0.15, 0.2) is 0 Å². The SMILES string of the molecule is CCC(Cl)CCc1ccc(F)c(Cl)c1. The normalized spacial score (nSPS) is 12.9. The number of alkyl halides is 1. The summed E-state index contributed by atoms with van der Waals surface area (Å²) >= 11 is 11.6. The zero-order chi connectivity index (χ0) is 10.6. The molecular weight excluding hydrogens is 222 g/mol. The molecule has 1 atom stereocenters. The van der Waals surface area contributed by atoms with E-state index in [-0.39, 0.29) is 16.2 Å². The van der Waals surface area contributed by atoms with Crippen LogP contribution in [-0.2, 0) is 6.42 Å². The van der Waals surface area contributed by atoms with E-state index in [1.165, 1.54) is 6.07 Å². The van der Waals surface area contributed by atoms with Gasteiger partial charge in [-0.25, -0.2) is 4.39 Å². The Kier molecular flexibility index (Phi) is 4.70. The summed E-state index contributed by atoms with van der Waals surface area (Å²) in [6, 6.07) is 4.81. The predicted molar refractivity (Wildman–Crippen MR) is 59.7 cm³/mol. The number of aryl methyl sites for hydroxylation is 1. The fourth-order valence-corrected chi connectivity index (χ4v) is 1.53. The third-order valence-corrected chi connectivity index (χ3v) is 2.99. The first kappa shape index (κ1) is 11.8. The Morgan fingerprint density at radius 1 is 1.43 bits per heavy atom. The van der Waals surface area contributed by atoms with Gasteiger partial charge in [0, 0.05) is 5.38 Å². The van der Waals surface area contributed by atoms with Crippen LogP contribution in [0.2, 0.25) is 5.02 Å². The highest BCUT2D eigenvalue weighted by molar-refractivity contribution is 6.30. The lowest BCUT2D eigenvalue weighted by atomic mass is 10.1. The van der Waals surface area contributed by atoms with E-state index >= 15 is 0 Å². The molecule has 0 spiro atoms. The largest absolute Gasteiger partial charge is 0.205 e. The van der Waals surface area contributed by atoms with Crippen molar-refractivity contribution < 1.29 is 4.39 Å². The van der Waals surface area contributed by atoms with Gasteiger partial charge in [0.05, 0.1) is 5.02 Å². The van der Waals surface area contributed by atoms with Crippen LogP contribution >= 0.6 is 23.2 Å². The summed E-state index contributed by atoms with van der Waals surface area (Å²) in [6.45, 7) is 2.05. The van der Waals surface area contributed by atoms with E-state index in [1.54, 1.807) is 12.1 Å². The Hall–Kier alpha value is -0.270. The van der Waals surface area contributed by atoms with Gasteiger partial charge in [-0.2, -0.15) is 0 Å². The van der Waals surface area contributed by atoms with E-state index in [0.29, 0.717) is 0 Å². The predicted octanol–water partition coefficient (Wildman–Crippen LogP) is 4.43. The van der Waals surface area contributed by atoms with Crippen LogP contribution in [0.15, 0.2) is 18.2 Å². The first-order valence-corrected chi connectivity index (χ1v) is 5.53. The van der Waals surface area contributed by atoms with Crippen LogP contribution in [0.4, 0.5) is 4.39 Å². The monoisotopic (exact) mass is 234 g/mol. The van der Waals surface area contributed by atoms with E-state index in [4.69, 9.17) is 23.2 Å². The molecule has 0 saturated heterocycles. The molecule has 1 unspecified atom stereocenters. The quantitative estimate of drug-likeness (QED) is 0.677. The Morgan fingerprint density at radius 3 is 2.71 bits per heavy atom. The van der Waals surface area contributed by atoms with E-state index in [9.17, 15) is 4.39 Å². The third kappa shape index (κ3) is 3.47. The Labute approximate surface area is 94.0 Å². The first-order chi connectivity index (χ1) is 6.63. The number of halogens is 3. The van der Waals surface area contributed by atoms with Crippen molar-refractivity contribution in [3.8, 4) is 0 Å². The van der Waals surface area contributed by atoms with Crippen molar-refractivity contribution in [2.24, 2.45) is 0 Å². The van der Waals surface area contributed by atoms with E-state index in [2.05, 4.69) is 6.92 Å². The summed E-state index contributed by atoms with van der Waals surface area (Å²) < 4.78 is 12.8. The summed E-state index contributed by atoms with van der Waals surface area (Å²) in [4.78, 5) is 0. The zero-order valence-corrected chi connectivity index (χ0v) is 9.58. The molecule has 0 amide bonds. The highest BCUT2D eigenvalue weighted by Crippen LogP contribution is 2.18. The molecule has 0 bridgehead atoms. The Bertz CT molecular complexity index is 299. The molecule has 0 saturated carbocycles. The maximum atomic E-state index is 12.8. The molecule has 1 aromatic rings. The summed E-state index contributed by atoms with van der Waals surface area (Å²) in [5, 5.41) is 0.379. The molecule has 0 aliphatic heterocycles. The van der Waals surface area contributed by atoms with Crippen molar-refractivity contribution >= 4 is 23.2 Å². The molecule has 14 heavy (non-hydrogen) atoms. The maximum absolute atomic E-state index is 12.8. The molecule has 3 heteroatoms. The van der Waals surface area contributed by atoms with Gasteiger partial charge >= 0.3 is 0 Å². The number of hydrogen-bond acceptors (Lipinski definition) is 0. The molecule has 0 N–H and O–H groups in total. The molecule has 0 aliphatic carbocycles. The van der Waals surface area contributed by atoms with Crippen molar-refractivity contribution in [3.05, 3.63) is 34.6 Å². The fourth-order valence-electron chi connectivity index (χ4n) is 1.22. The molecule has 1 rings (SSSR count). The van der Waals surface area contributed by atoms with Crippen LogP contribution in [0, 0.1) is 5.82 Å². The molecule has 78 valence electrons. The van der Waals surface area contributed by atoms with Crippen LogP contribution < -0.4 is 0 Å². The lowest BCUT2D eigenvalue weighted by molar-refractivity contribution is 0.626. The topological polar surface area (TPSA) is 0 Å². The Balaban J connectivity index is 2.55. The highest BCUT2D eigenvalue weighted by Gasteiger charge is 2.04. The van der Waals surface area contributed by atoms with Gasteiger partial charge in [-0.1, -0.05) is 24.6 Å². The van der Waals surface area contributed by atoms with Crippen LogP contribution in [0.25, 0.3) is 0 Å². The first-order valence-electron chi connectivity index (χ1n) is 4.71. The van der Waals surface area contributed by atoms with Gasteiger partial charge in [-0.3, -0.25) is 0 Å². The van der Waals surface area contributed by atoms with Crippen molar-refractivity contribution in [2.45, 2.75) is 31.6 Å². The van der Waals surface area contributed by atoms with Crippen LogP contribution in [0.1, 0.15) is 25.3 Å². The molecule has 0 aliphatic rings. The van der Waals surface area contributed by atoms with Gasteiger partial charge in [-0.05, 0) is 37.0 Å². The lowest BCUT2D eigenvalue weighted by Gasteiger charge is -2.06. The molecule has 0 heterocycles. The average Bonchev–Trinajstić information content (AvgIpc) is 2.19. The minimum absolute atomic E-state index is 0.185. The minimum atomic E-state index is -0.367. The molecule has 0 fully saturated rings. The van der Waals surface area contributed by atoms with Gasteiger partial charge in [-0.15, -0.1) is 11.6 Å². The standard InChI is InChI=1S/C11H13Cl2F/c1-2-9(12)5-3-8-4-6-11(14)10(13)7-8/h4,6-7,9H,2-3,5H2,1H3. The van der Waals surface area contributed by atoms with E-state index < -0.39 is 0 Å². The van der Waals surface area contributed by atoms with Crippen molar-refractivity contribution in [2.75, 3.05) is 0 Å². The molecule has 0 radical (unpaired) electrons. The van der Waals surface area contributed by atoms with E-state index in [1.807, 2.05) is 0 Å². The number of hydrogen-bond donors (Lipinski definition) is 0. The van der Waals surface area contributed by atoms with Crippen molar-refractivity contribution in [3.63, 3.8) is 0 Å². The fraction of sp³-hybridized carbons (Fsp3) is 0.455. The number of rotatable bonds is 4. The van der Waals surface area contributed by atoms with Crippen LogP contribution in [-0.4, -0.2) is 5.38 Å². The lowest BCUT2D eigenvalue weighted by Crippen LogP contribution is -1.98. The van der Waals surface area contributed by atoms with Crippen LogP contribution in [0.3, 0.4) is 0 Å². The molecule has 0 nitrogen and oxygen atoms in total. The summed E-state index contributed by atoms with van der Waals surface area (Å²) in [7, 11) is 0. The van der Waals surface area contributed by atoms with Crippen LogP contribution in [0.5, 0.6) is 0 Å². The van der Waals surface area contributed by atoms with Gasteiger partial charge in [0.25, 0.3) is 0 Å². The average molecular weight is 235 g/mol. The molecular formula is C11H13Cl2F. The van der Waals surface area contributed by atoms with Crippen molar-refractivity contribution in [1.82, 2.24) is 0 Å². The summed E-state index contributed by atoms with van der Waals surface area (Å²) in [5.74, 6) is -0.367. The highest BCUT2D eigenvalue weighted by atomic mass is 35.5. The van der Waals surface area contributed by atoms with E-state index in [0.717, 1.165) is 24.8 Å². The summed E-state index contributed by atoms with van der Waals surface area (Å²) in [6.07, 6.45) is 2.71. The second kappa shape index (κ2) is 5.57. The molecule has 1 aromatic carbocycles. The smallest absolute Gasteiger partial charge is 0.141 e. The summed E-state index contributed by atoms with van der Waals surface area (Å²) in [5.41, 5.74) is 1.04. The van der Waals surface area contributed by atoms with Gasteiger partial charge < -0.3 is 0 Å². The van der Waals surface area contributed by atoms with Crippen molar-refractivity contribution in [1.29, 1.82) is 0 Å². The zero-order valence-electron chi connectivity index (χ0n) is 8.06. The third-order valence-electron chi connectivity index (χ3n) is 2.17. The second-order valence-electron chi connectivity index (χ2n) is 3.29. The Morgan fingerprint density at radius 2 is 2.14 bits per heavy atom.